The van der Waals surface area contributed by atoms with Gasteiger partial charge in [-0.1, -0.05) is 25.5 Å². The number of aliphatic hydroxyl groups is 1. The molecule has 0 amide bonds. The van der Waals surface area contributed by atoms with Crippen LogP contribution < -0.4 is 0 Å². The molecule has 0 radical (unpaired) electrons. The zero-order valence-electron chi connectivity index (χ0n) is 12.9. The van der Waals surface area contributed by atoms with Gasteiger partial charge in [0.05, 0.1) is 11.9 Å². The Morgan fingerprint density at radius 1 is 1.27 bits per heavy atom. The van der Waals surface area contributed by atoms with Crippen LogP contribution >= 0.6 is 0 Å². The number of rotatable bonds is 6. The van der Waals surface area contributed by atoms with Gasteiger partial charge in [-0.15, -0.1) is 0 Å². The van der Waals surface area contributed by atoms with Crippen molar-refractivity contribution in [2.45, 2.75) is 38.7 Å². The minimum absolute atomic E-state index is 0.0167. The molecule has 1 aliphatic rings. The third kappa shape index (κ3) is 4.27. The van der Waals surface area contributed by atoms with Crippen molar-refractivity contribution < 1.29 is 17.9 Å². The fourth-order valence-electron chi connectivity index (χ4n) is 2.86. The van der Waals surface area contributed by atoms with Crippen molar-refractivity contribution >= 4 is 10.0 Å². The van der Waals surface area contributed by atoms with Gasteiger partial charge in [-0.3, -0.25) is 0 Å². The molecule has 1 atom stereocenters. The van der Waals surface area contributed by atoms with Crippen LogP contribution in [-0.4, -0.2) is 36.7 Å². The fourth-order valence-corrected chi connectivity index (χ4v) is 4.54. The molecule has 0 saturated carbocycles. The van der Waals surface area contributed by atoms with E-state index in [0.29, 0.717) is 37.9 Å². The number of sulfonamides is 1. The van der Waals surface area contributed by atoms with Crippen LogP contribution in [0.15, 0.2) is 24.3 Å². The minimum Gasteiger partial charge on any atom is -0.388 e. The topological polar surface area (TPSA) is 57.6 Å². The molecule has 1 N–H and O–H groups in total. The Kier molecular flexibility index (Phi) is 5.94. The van der Waals surface area contributed by atoms with Crippen molar-refractivity contribution in [2.24, 2.45) is 5.92 Å². The van der Waals surface area contributed by atoms with Crippen molar-refractivity contribution in [1.29, 1.82) is 0 Å². The molecule has 0 spiro atoms. The lowest BCUT2D eigenvalue weighted by molar-refractivity contribution is 0.0760. The van der Waals surface area contributed by atoms with Crippen molar-refractivity contribution in [1.82, 2.24) is 4.31 Å². The van der Waals surface area contributed by atoms with Gasteiger partial charge in [-0.2, -0.15) is 0 Å². The maximum atomic E-state index is 12.9. The van der Waals surface area contributed by atoms with Gasteiger partial charge in [-0.25, -0.2) is 17.1 Å². The first-order chi connectivity index (χ1) is 10.4. The Bertz CT molecular complexity index is 566. The Hall–Kier alpha value is -0.980. The van der Waals surface area contributed by atoms with Crippen LogP contribution in [0.3, 0.4) is 0 Å². The predicted octanol–water partition coefficient (Wildman–Crippen LogP) is 2.70. The number of piperidine rings is 1. The van der Waals surface area contributed by atoms with Crippen molar-refractivity contribution in [3.05, 3.63) is 35.6 Å². The van der Waals surface area contributed by atoms with E-state index in [0.717, 1.165) is 6.42 Å². The summed E-state index contributed by atoms with van der Waals surface area (Å²) in [6, 6.07) is 5.85. The van der Waals surface area contributed by atoms with Gasteiger partial charge in [0.2, 0.25) is 10.0 Å². The van der Waals surface area contributed by atoms with Gasteiger partial charge < -0.3 is 5.11 Å². The SMILES string of the molecule is CCCCS(=O)(=O)N1CCC(C(O)c2ccc(F)cc2)CC1. The van der Waals surface area contributed by atoms with Gasteiger partial charge >= 0.3 is 0 Å². The minimum atomic E-state index is -3.16. The lowest BCUT2D eigenvalue weighted by Crippen LogP contribution is -2.40. The summed E-state index contributed by atoms with van der Waals surface area (Å²) in [6.45, 7) is 2.88. The molecule has 1 aliphatic heterocycles. The highest BCUT2D eigenvalue weighted by molar-refractivity contribution is 7.89. The van der Waals surface area contributed by atoms with Crippen molar-refractivity contribution in [3.63, 3.8) is 0 Å². The molecule has 4 nitrogen and oxygen atoms in total. The molecule has 1 unspecified atom stereocenters. The molecule has 0 aromatic heterocycles. The van der Waals surface area contributed by atoms with E-state index < -0.39 is 16.1 Å². The molecule has 1 aromatic carbocycles. The number of benzene rings is 1. The van der Waals surface area contributed by atoms with E-state index in [-0.39, 0.29) is 17.5 Å². The predicted molar refractivity (Wildman–Crippen MR) is 84.4 cm³/mol. The summed E-state index contributed by atoms with van der Waals surface area (Å²) < 4.78 is 38.8. The zero-order chi connectivity index (χ0) is 16.2. The molecule has 22 heavy (non-hydrogen) atoms. The Balaban J connectivity index is 1.93. The van der Waals surface area contributed by atoms with Crippen LogP contribution in [0.4, 0.5) is 4.39 Å². The summed E-state index contributed by atoms with van der Waals surface area (Å²) in [5.74, 6) is -0.106. The maximum Gasteiger partial charge on any atom is 0.214 e. The van der Waals surface area contributed by atoms with E-state index in [1.165, 1.54) is 16.4 Å². The number of hydrogen-bond donors (Lipinski definition) is 1. The van der Waals surface area contributed by atoms with Crippen LogP contribution in [0, 0.1) is 11.7 Å². The molecule has 0 bridgehead atoms. The van der Waals surface area contributed by atoms with E-state index in [1.54, 1.807) is 12.1 Å². The molecule has 2 rings (SSSR count). The average molecular weight is 329 g/mol. The third-order valence-electron chi connectivity index (χ3n) is 4.31. The smallest absolute Gasteiger partial charge is 0.214 e. The second-order valence-corrected chi connectivity index (χ2v) is 7.99. The Labute approximate surface area is 132 Å². The number of halogens is 1. The summed E-state index contributed by atoms with van der Waals surface area (Å²) in [4.78, 5) is 0. The third-order valence-corrected chi connectivity index (χ3v) is 6.26. The molecular formula is C16H24FNO3S. The summed E-state index contributed by atoms with van der Waals surface area (Å²) in [6.07, 6.45) is 2.13. The van der Waals surface area contributed by atoms with Crippen LogP contribution in [0.1, 0.15) is 44.3 Å². The largest absolute Gasteiger partial charge is 0.388 e. The average Bonchev–Trinajstić information content (AvgIpc) is 2.53. The highest BCUT2D eigenvalue weighted by Crippen LogP contribution is 2.31. The second-order valence-electron chi connectivity index (χ2n) is 5.90. The molecular weight excluding hydrogens is 305 g/mol. The number of nitrogens with zero attached hydrogens (tertiary/aromatic N) is 1. The molecule has 1 aromatic rings. The number of aliphatic hydroxyl groups excluding tert-OH is 1. The van der Waals surface area contributed by atoms with Gasteiger partial charge in [0.15, 0.2) is 0 Å². The zero-order valence-corrected chi connectivity index (χ0v) is 13.7. The Morgan fingerprint density at radius 2 is 1.86 bits per heavy atom. The molecule has 1 heterocycles. The van der Waals surface area contributed by atoms with Gasteiger partial charge in [0.1, 0.15) is 5.82 Å². The van der Waals surface area contributed by atoms with Gasteiger partial charge in [0.25, 0.3) is 0 Å². The molecule has 0 aliphatic carbocycles. The number of unbranched alkanes of at least 4 members (excludes halogenated alkanes) is 1. The van der Waals surface area contributed by atoms with E-state index in [4.69, 9.17) is 0 Å². The molecule has 124 valence electrons. The first kappa shape index (κ1) is 17.4. The summed E-state index contributed by atoms with van der Waals surface area (Å²) in [5.41, 5.74) is 0.689. The van der Waals surface area contributed by atoms with Crippen LogP contribution in [0.25, 0.3) is 0 Å². The van der Waals surface area contributed by atoms with E-state index in [1.807, 2.05) is 6.92 Å². The van der Waals surface area contributed by atoms with Crippen molar-refractivity contribution in [3.8, 4) is 0 Å². The first-order valence-corrected chi connectivity index (χ1v) is 9.46. The van der Waals surface area contributed by atoms with Gasteiger partial charge in [0, 0.05) is 13.1 Å². The first-order valence-electron chi connectivity index (χ1n) is 7.85. The molecule has 6 heteroatoms. The van der Waals surface area contributed by atoms with Crippen LogP contribution in [-0.2, 0) is 10.0 Å². The quantitative estimate of drug-likeness (QED) is 0.873. The lowest BCUT2D eigenvalue weighted by atomic mass is 9.88. The molecule has 1 fully saturated rings. The fraction of sp³-hybridized carbons (Fsp3) is 0.625. The maximum absolute atomic E-state index is 12.9. The molecule has 1 saturated heterocycles. The lowest BCUT2D eigenvalue weighted by Gasteiger charge is -2.33. The summed E-state index contributed by atoms with van der Waals surface area (Å²) in [7, 11) is -3.16. The summed E-state index contributed by atoms with van der Waals surface area (Å²) >= 11 is 0. The van der Waals surface area contributed by atoms with Crippen molar-refractivity contribution in [2.75, 3.05) is 18.8 Å². The highest BCUT2D eigenvalue weighted by atomic mass is 32.2. The summed E-state index contributed by atoms with van der Waals surface area (Å²) in [5, 5.41) is 10.4. The Morgan fingerprint density at radius 3 is 2.41 bits per heavy atom. The monoisotopic (exact) mass is 329 g/mol. The van der Waals surface area contributed by atoms with Gasteiger partial charge in [-0.05, 0) is 42.9 Å². The number of hydrogen-bond acceptors (Lipinski definition) is 3. The standard InChI is InChI=1S/C16H24FNO3S/c1-2-3-12-22(20,21)18-10-8-14(9-11-18)16(19)13-4-6-15(17)7-5-13/h4-7,14,16,19H,2-3,8-12H2,1H3. The van der Waals surface area contributed by atoms with Crippen LogP contribution in [0.2, 0.25) is 0 Å². The second kappa shape index (κ2) is 7.53. The van der Waals surface area contributed by atoms with E-state index in [9.17, 15) is 17.9 Å². The van der Waals surface area contributed by atoms with E-state index >= 15 is 0 Å². The highest BCUT2D eigenvalue weighted by Gasteiger charge is 2.31. The van der Waals surface area contributed by atoms with Crippen LogP contribution in [0.5, 0.6) is 0 Å². The normalized spacial score (nSPS) is 19.2. The van der Waals surface area contributed by atoms with E-state index in [2.05, 4.69) is 0 Å².